The SMILES string of the molecule is CNCC(Cc1nnn(C)n1)c1ccccc1F. The molecule has 1 aromatic carbocycles. The maximum Gasteiger partial charge on any atom is 0.175 e. The van der Waals surface area contributed by atoms with Crippen molar-refractivity contribution in [2.45, 2.75) is 12.3 Å². The molecule has 0 aliphatic heterocycles. The monoisotopic (exact) mass is 249 g/mol. The third kappa shape index (κ3) is 2.89. The molecule has 0 aliphatic rings. The first-order chi connectivity index (χ1) is 8.70. The average molecular weight is 249 g/mol. The van der Waals surface area contributed by atoms with Gasteiger partial charge < -0.3 is 5.32 Å². The van der Waals surface area contributed by atoms with Crippen molar-refractivity contribution in [2.24, 2.45) is 7.05 Å². The summed E-state index contributed by atoms with van der Waals surface area (Å²) in [6.45, 7) is 0.666. The van der Waals surface area contributed by atoms with Gasteiger partial charge in [0.2, 0.25) is 0 Å². The second kappa shape index (κ2) is 5.68. The van der Waals surface area contributed by atoms with E-state index in [-0.39, 0.29) is 11.7 Å². The topological polar surface area (TPSA) is 55.6 Å². The molecular weight excluding hydrogens is 233 g/mol. The van der Waals surface area contributed by atoms with Crippen LogP contribution in [0.4, 0.5) is 4.39 Å². The fourth-order valence-electron chi connectivity index (χ4n) is 1.97. The zero-order valence-corrected chi connectivity index (χ0v) is 10.5. The minimum atomic E-state index is -0.193. The Morgan fingerprint density at radius 1 is 1.39 bits per heavy atom. The number of hydrogen-bond donors (Lipinski definition) is 1. The fourth-order valence-corrected chi connectivity index (χ4v) is 1.97. The molecule has 5 nitrogen and oxygen atoms in total. The zero-order valence-electron chi connectivity index (χ0n) is 10.5. The van der Waals surface area contributed by atoms with E-state index >= 15 is 0 Å². The Hall–Kier alpha value is -1.82. The van der Waals surface area contributed by atoms with Crippen molar-refractivity contribution < 1.29 is 4.39 Å². The molecule has 2 rings (SSSR count). The third-order valence-electron chi connectivity index (χ3n) is 2.77. The molecule has 0 saturated heterocycles. The van der Waals surface area contributed by atoms with Crippen molar-refractivity contribution >= 4 is 0 Å². The summed E-state index contributed by atoms with van der Waals surface area (Å²) in [6, 6.07) is 6.80. The average Bonchev–Trinajstić information content (AvgIpc) is 2.75. The maximum atomic E-state index is 13.8. The molecule has 18 heavy (non-hydrogen) atoms. The van der Waals surface area contributed by atoms with Crippen molar-refractivity contribution in [2.75, 3.05) is 13.6 Å². The van der Waals surface area contributed by atoms with Gasteiger partial charge in [-0.3, -0.25) is 0 Å². The lowest BCUT2D eigenvalue weighted by Gasteiger charge is -2.15. The zero-order chi connectivity index (χ0) is 13.0. The van der Waals surface area contributed by atoms with E-state index in [0.717, 1.165) is 0 Å². The van der Waals surface area contributed by atoms with Crippen LogP contribution in [0.25, 0.3) is 0 Å². The molecule has 2 aromatic rings. The lowest BCUT2D eigenvalue weighted by molar-refractivity contribution is 0.547. The van der Waals surface area contributed by atoms with Gasteiger partial charge >= 0.3 is 0 Å². The summed E-state index contributed by atoms with van der Waals surface area (Å²) in [5.74, 6) is 0.433. The van der Waals surface area contributed by atoms with E-state index < -0.39 is 0 Å². The standard InChI is InChI=1S/C12H16FN5/c1-14-8-9(7-12-15-17-18(2)16-12)10-5-3-4-6-11(10)13/h3-6,9,14H,7-8H2,1-2H3. The van der Waals surface area contributed by atoms with E-state index in [1.165, 1.54) is 10.9 Å². The highest BCUT2D eigenvalue weighted by Gasteiger charge is 2.17. The second-order valence-electron chi connectivity index (χ2n) is 4.18. The van der Waals surface area contributed by atoms with E-state index in [4.69, 9.17) is 0 Å². The van der Waals surface area contributed by atoms with Crippen molar-refractivity contribution in [3.8, 4) is 0 Å². The highest BCUT2D eigenvalue weighted by molar-refractivity contribution is 5.23. The van der Waals surface area contributed by atoms with Gasteiger partial charge in [0.05, 0.1) is 7.05 Å². The van der Waals surface area contributed by atoms with Crippen LogP contribution in [0.2, 0.25) is 0 Å². The highest BCUT2D eigenvalue weighted by Crippen LogP contribution is 2.21. The van der Waals surface area contributed by atoms with Gasteiger partial charge in [0.15, 0.2) is 5.82 Å². The molecule has 0 aliphatic carbocycles. The molecule has 6 heteroatoms. The van der Waals surface area contributed by atoms with E-state index in [1.54, 1.807) is 19.2 Å². The lowest BCUT2D eigenvalue weighted by Crippen LogP contribution is -2.20. The van der Waals surface area contributed by atoms with Crippen LogP contribution in [0.1, 0.15) is 17.3 Å². The number of benzene rings is 1. The number of aromatic nitrogens is 4. The fraction of sp³-hybridized carbons (Fsp3) is 0.417. The number of hydrogen-bond acceptors (Lipinski definition) is 4. The summed E-state index contributed by atoms with van der Waals surface area (Å²) in [6.07, 6.45) is 0.565. The van der Waals surface area contributed by atoms with Gasteiger partial charge in [0, 0.05) is 18.9 Å². The van der Waals surface area contributed by atoms with Gasteiger partial charge in [0.25, 0.3) is 0 Å². The van der Waals surface area contributed by atoms with E-state index in [0.29, 0.717) is 24.4 Å². The first-order valence-electron chi connectivity index (χ1n) is 5.82. The van der Waals surface area contributed by atoms with E-state index in [1.807, 2.05) is 13.1 Å². The predicted molar refractivity (Wildman–Crippen MR) is 65.6 cm³/mol. The number of tetrazole rings is 1. The van der Waals surface area contributed by atoms with Gasteiger partial charge in [-0.2, -0.15) is 4.80 Å². The Kier molecular flexibility index (Phi) is 3.99. The van der Waals surface area contributed by atoms with Crippen LogP contribution in [-0.2, 0) is 13.5 Å². The molecule has 1 N–H and O–H groups in total. The summed E-state index contributed by atoms with van der Waals surface area (Å²) in [5, 5.41) is 14.9. The third-order valence-corrected chi connectivity index (χ3v) is 2.77. The van der Waals surface area contributed by atoms with Crippen LogP contribution in [0.5, 0.6) is 0 Å². The minimum Gasteiger partial charge on any atom is -0.319 e. The number of likely N-dealkylation sites (N-methyl/N-ethyl adjacent to an activating group) is 1. The number of nitrogens with zero attached hydrogens (tertiary/aromatic N) is 4. The summed E-state index contributed by atoms with van der Waals surface area (Å²) < 4.78 is 13.8. The van der Waals surface area contributed by atoms with Gasteiger partial charge in [0.1, 0.15) is 5.82 Å². The molecule has 0 fully saturated rings. The lowest BCUT2D eigenvalue weighted by atomic mass is 9.95. The Bertz CT molecular complexity index is 511. The quantitative estimate of drug-likeness (QED) is 0.855. The van der Waals surface area contributed by atoms with Gasteiger partial charge in [-0.1, -0.05) is 18.2 Å². The number of aryl methyl sites for hydroxylation is 1. The first-order valence-corrected chi connectivity index (χ1v) is 5.82. The van der Waals surface area contributed by atoms with E-state index in [9.17, 15) is 4.39 Å². The molecule has 0 radical (unpaired) electrons. The molecule has 1 heterocycles. The largest absolute Gasteiger partial charge is 0.319 e. The predicted octanol–water partition coefficient (Wildman–Crippen LogP) is 0.895. The molecule has 1 unspecified atom stereocenters. The summed E-state index contributed by atoms with van der Waals surface area (Å²) in [4.78, 5) is 1.41. The Labute approximate surface area is 105 Å². The number of nitrogens with one attached hydrogen (secondary N) is 1. The summed E-state index contributed by atoms with van der Waals surface area (Å²) in [5.41, 5.74) is 0.680. The number of halogens is 1. The van der Waals surface area contributed by atoms with Crippen LogP contribution in [0.15, 0.2) is 24.3 Å². The van der Waals surface area contributed by atoms with Crippen molar-refractivity contribution in [1.29, 1.82) is 0 Å². The van der Waals surface area contributed by atoms with E-state index in [2.05, 4.69) is 20.7 Å². The molecule has 1 aromatic heterocycles. The normalized spacial score (nSPS) is 12.6. The minimum absolute atomic E-state index is 0.000370. The molecule has 96 valence electrons. The van der Waals surface area contributed by atoms with Crippen LogP contribution < -0.4 is 5.32 Å². The molecular formula is C12H16FN5. The smallest absolute Gasteiger partial charge is 0.175 e. The molecule has 0 saturated carbocycles. The molecule has 1 atom stereocenters. The van der Waals surface area contributed by atoms with Crippen LogP contribution >= 0.6 is 0 Å². The van der Waals surface area contributed by atoms with Crippen molar-refractivity contribution in [1.82, 2.24) is 25.5 Å². The van der Waals surface area contributed by atoms with Crippen LogP contribution in [0, 0.1) is 5.82 Å². The number of rotatable bonds is 5. The Balaban J connectivity index is 2.20. The van der Waals surface area contributed by atoms with Crippen LogP contribution in [-0.4, -0.2) is 33.8 Å². The van der Waals surface area contributed by atoms with Gasteiger partial charge in [-0.05, 0) is 23.9 Å². The van der Waals surface area contributed by atoms with Crippen molar-refractivity contribution in [3.63, 3.8) is 0 Å². The van der Waals surface area contributed by atoms with Crippen LogP contribution in [0.3, 0.4) is 0 Å². The molecule has 0 bridgehead atoms. The summed E-state index contributed by atoms with van der Waals surface area (Å²) >= 11 is 0. The van der Waals surface area contributed by atoms with Gasteiger partial charge in [-0.15, -0.1) is 10.2 Å². The summed E-state index contributed by atoms with van der Waals surface area (Å²) in [7, 11) is 3.56. The highest BCUT2D eigenvalue weighted by atomic mass is 19.1. The van der Waals surface area contributed by atoms with Gasteiger partial charge in [-0.25, -0.2) is 4.39 Å². The van der Waals surface area contributed by atoms with Crippen molar-refractivity contribution in [3.05, 3.63) is 41.5 Å². The Morgan fingerprint density at radius 2 is 2.17 bits per heavy atom. The first kappa shape index (κ1) is 12.6. The molecule has 0 spiro atoms. The Morgan fingerprint density at radius 3 is 2.78 bits per heavy atom. The maximum absolute atomic E-state index is 13.8. The molecule has 0 amide bonds. The second-order valence-corrected chi connectivity index (χ2v) is 4.18.